The molecule has 80 valence electrons. The highest BCUT2D eigenvalue weighted by Crippen LogP contribution is 2.20. The van der Waals surface area contributed by atoms with Crippen molar-refractivity contribution in [1.82, 2.24) is 0 Å². The lowest BCUT2D eigenvalue weighted by Gasteiger charge is -2.17. The molecule has 0 aromatic rings. The largest absolute Gasteiger partial charge is 0.462 e. The van der Waals surface area contributed by atoms with E-state index in [1.165, 1.54) is 0 Å². The Morgan fingerprint density at radius 2 is 2.21 bits per heavy atom. The van der Waals surface area contributed by atoms with Crippen molar-refractivity contribution in [2.45, 2.75) is 39.7 Å². The standard InChI is InChI=1S/C10H16O4/c1-10(2,3)5-9(12)14-7-4-8(11)13-6-7/h7H,4-6H2,1-3H3. The summed E-state index contributed by atoms with van der Waals surface area (Å²) in [6.07, 6.45) is 0.172. The topological polar surface area (TPSA) is 52.6 Å². The van der Waals surface area contributed by atoms with Gasteiger partial charge in [-0.2, -0.15) is 0 Å². The molecule has 0 N–H and O–H groups in total. The van der Waals surface area contributed by atoms with Crippen LogP contribution >= 0.6 is 0 Å². The van der Waals surface area contributed by atoms with Crippen molar-refractivity contribution in [1.29, 1.82) is 0 Å². The van der Waals surface area contributed by atoms with E-state index in [0.29, 0.717) is 6.42 Å². The normalized spacial score (nSPS) is 21.9. The third-order valence-electron chi connectivity index (χ3n) is 1.80. The van der Waals surface area contributed by atoms with E-state index < -0.39 is 0 Å². The minimum atomic E-state index is -0.377. The Bertz CT molecular complexity index is 239. The van der Waals surface area contributed by atoms with Crippen LogP contribution in [0, 0.1) is 5.41 Å². The molecular formula is C10H16O4. The van der Waals surface area contributed by atoms with Crippen LogP contribution in [0.2, 0.25) is 0 Å². The van der Waals surface area contributed by atoms with Crippen molar-refractivity contribution < 1.29 is 19.1 Å². The zero-order valence-corrected chi connectivity index (χ0v) is 8.83. The summed E-state index contributed by atoms with van der Waals surface area (Å²) in [6, 6.07) is 0. The second-order valence-corrected chi connectivity index (χ2v) is 4.74. The molecule has 1 heterocycles. The van der Waals surface area contributed by atoms with Crippen molar-refractivity contribution >= 4 is 11.9 Å². The first kappa shape index (κ1) is 11.0. The van der Waals surface area contributed by atoms with Crippen LogP contribution < -0.4 is 0 Å². The molecule has 1 unspecified atom stereocenters. The van der Waals surface area contributed by atoms with Crippen LogP contribution in [0.15, 0.2) is 0 Å². The van der Waals surface area contributed by atoms with Crippen LogP contribution in [0.1, 0.15) is 33.6 Å². The lowest BCUT2D eigenvalue weighted by molar-refractivity contribution is -0.151. The molecule has 1 atom stereocenters. The van der Waals surface area contributed by atoms with Crippen molar-refractivity contribution in [2.75, 3.05) is 6.61 Å². The molecule has 1 aliphatic rings. The van der Waals surface area contributed by atoms with E-state index in [-0.39, 0.29) is 36.5 Å². The highest BCUT2D eigenvalue weighted by atomic mass is 16.6. The van der Waals surface area contributed by atoms with Crippen LogP contribution in [-0.2, 0) is 19.1 Å². The molecule has 1 rings (SSSR count). The predicted molar refractivity (Wildman–Crippen MR) is 49.5 cm³/mol. The van der Waals surface area contributed by atoms with Gasteiger partial charge in [-0.05, 0) is 5.41 Å². The molecule has 0 aliphatic carbocycles. The van der Waals surface area contributed by atoms with Gasteiger partial charge in [0.25, 0.3) is 0 Å². The van der Waals surface area contributed by atoms with Gasteiger partial charge < -0.3 is 9.47 Å². The van der Waals surface area contributed by atoms with Gasteiger partial charge in [-0.15, -0.1) is 0 Å². The molecule has 0 aromatic heterocycles. The maximum absolute atomic E-state index is 11.3. The van der Waals surface area contributed by atoms with Gasteiger partial charge in [-0.1, -0.05) is 20.8 Å². The van der Waals surface area contributed by atoms with Crippen LogP contribution in [0.25, 0.3) is 0 Å². The second-order valence-electron chi connectivity index (χ2n) is 4.74. The SMILES string of the molecule is CC(C)(C)CC(=O)OC1COC(=O)C1. The Hall–Kier alpha value is -1.06. The summed E-state index contributed by atoms with van der Waals surface area (Å²) in [5, 5.41) is 0. The number of cyclic esters (lactones) is 1. The average molecular weight is 200 g/mol. The van der Waals surface area contributed by atoms with E-state index in [2.05, 4.69) is 4.74 Å². The van der Waals surface area contributed by atoms with Gasteiger partial charge in [-0.25, -0.2) is 0 Å². The fourth-order valence-corrected chi connectivity index (χ4v) is 1.23. The fraction of sp³-hybridized carbons (Fsp3) is 0.800. The molecule has 0 radical (unpaired) electrons. The number of carbonyl (C=O) groups excluding carboxylic acids is 2. The quantitative estimate of drug-likeness (QED) is 0.630. The second kappa shape index (κ2) is 3.98. The lowest BCUT2D eigenvalue weighted by Crippen LogP contribution is -2.22. The van der Waals surface area contributed by atoms with Crippen LogP contribution in [0.3, 0.4) is 0 Å². The van der Waals surface area contributed by atoms with Crippen molar-refractivity contribution in [3.8, 4) is 0 Å². The highest BCUT2D eigenvalue weighted by molar-refractivity contribution is 5.74. The van der Waals surface area contributed by atoms with Crippen molar-refractivity contribution in [2.24, 2.45) is 5.41 Å². The first-order chi connectivity index (χ1) is 6.37. The van der Waals surface area contributed by atoms with Gasteiger partial charge in [0.1, 0.15) is 12.7 Å². The van der Waals surface area contributed by atoms with Crippen LogP contribution in [-0.4, -0.2) is 24.6 Å². The number of rotatable bonds is 2. The lowest BCUT2D eigenvalue weighted by atomic mass is 9.92. The molecule has 0 amide bonds. The Balaban J connectivity index is 2.31. The van der Waals surface area contributed by atoms with Gasteiger partial charge >= 0.3 is 11.9 Å². The summed E-state index contributed by atoms with van der Waals surface area (Å²) < 4.78 is 9.75. The van der Waals surface area contributed by atoms with E-state index >= 15 is 0 Å². The zero-order chi connectivity index (χ0) is 10.8. The molecule has 1 fully saturated rings. The first-order valence-corrected chi connectivity index (χ1v) is 4.72. The monoisotopic (exact) mass is 200 g/mol. The molecule has 4 heteroatoms. The molecule has 1 saturated heterocycles. The Labute approximate surface area is 83.6 Å². The first-order valence-electron chi connectivity index (χ1n) is 4.72. The smallest absolute Gasteiger partial charge is 0.309 e. The van der Waals surface area contributed by atoms with Crippen molar-refractivity contribution in [3.05, 3.63) is 0 Å². The van der Waals surface area contributed by atoms with Gasteiger partial charge in [0.15, 0.2) is 0 Å². The molecule has 0 spiro atoms. The van der Waals surface area contributed by atoms with E-state index in [9.17, 15) is 9.59 Å². The molecule has 1 aliphatic heterocycles. The van der Waals surface area contributed by atoms with Gasteiger partial charge in [0, 0.05) is 0 Å². The van der Waals surface area contributed by atoms with E-state index in [1.807, 2.05) is 20.8 Å². The van der Waals surface area contributed by atoms with Crippen LogP contribution in [0.4, 0.5) is 0 Å². The maximum atomic E-state index is 11.3. The zero-order valence-electron chi connectivity index (χ0n) is 8.83. The van der Waals surface area contributed by atoms with E-state index in [0.717, 1.165) is 0 Å². The molecular weight excluding hydrogens is 184 g/mol. The van der Waals surface area contributed by atoms with Gasteiger partial charge in [0.05, 0.1) is 12.8 Å². The minimum Gasteiger partial charge on any atom is -0.462 e. The summed E-state index contributed by atoms with van der Waals surface area (Å²) in [6.45, 7) is 6.09. The number of ether oxygens (including phenoxy) is 2. The average Bonchev–Trinajstić information content (AvgIpc) is 2.30. The maximum Gasteiger partial charge on any atom is 0.309 e. The predicted octanol–water partition coefficient (Wildman–Crippen LogP) is 1.28. The number of carbonyl (C=O) groups is 2. The third kappa shape index (κ3) is 3.77. The molecule has 14 heavy (non-hydrogen) atoms. The van der Waals surface area contributed by atoms with Gasteiger partial charge in [0.2, 0.25) is 0 Å². The van der Waals surface area contributed by atoms with Crippen LogP contribution in [0.5, 0.6) is 0 Å². The number of hydrogen-bond acceptors (Lipinski definition) is 4. The Morgan fingerprint density at radius 3 is 2.64 bits per heavy atom. The Kier molecular flexibility index (Phi) is 3.13. The molecule has 0 aromatic carbocycles. The van der Waals surface area contributed by atoms with E-state index in [1.54, 1.807) is 0 Å². The van der Waals surface area contributed by atoms with Gasteiger partial charge in [-0.3, -0.25) is 9.59 Å². The minimum absolute atomic E-state index is 0.0828. The molecule has 4 nitrogen and oxygen atoms in total. The summed E-state index contributed by atoms with van der Waals surface area (Å²) in [4.78, 5) is 22.0. The van der Waals surface area contributed by atoms with E-state index in [4.69, 9.17) is 4.74 Å². The van der Waals surface area contributed by atoms with Crippen molar-refractivity contribution in [3.63, 3.8) is 0 Å². The number of hydrogen-bond donors (Lipinski definition) is 0. The highest BCUT2D eigenvalue weighted by Gasteiger charge is 2.28. The molecule has 0 bridgehead atoms. The summed E-state index contributed by atoms with van der Waals surface area (Å²) in [5.41, 5.74) is -0.0828. The number of esters is 2. The molecule has 0 saturated carbocycles. The fourth-order valence-electron chi connectivity index (χ4n) is 1.23. The summed E-state index contributed by atoms with van der Waals surface area (Å²) in [7, 11) is 0. The Morgan fingerprint density at radius 1 is 1.57 bits per heavy atom. The summed E-state index contributed by atoms with van der Waals surface area (Å²) >= 11 is 0. The summed E-state index contributed by atoms with van der Waals surface area (Å²) in [5.74, 6) is -0.556. The third-order valence-corrected chi connectivity index (χ3v) is 1.80.